The van der Waals surface area contributed by atoms with Crippen LogP contribution in [0, 0.1) is 0 Å². The van der Waals surface area contributed by atoms with Crippen LogP contribution in [0.5, 0.6) is 0 Å². The molecule has 1 aliphatic heterocycles. The number of amides is 2. The third-order valence-corrected chi connectivity index (χ3v) is 5.54. The van der Waals surface area contributed by atoms with E-state index in [2.05, 4.69) is 48.4 Å². The van der Waals surface area contributed by atoms with E-state index in [0.717, 1.165) is 25.2 Å². The summed E-state index contributed by atoms with van der Waals surface area (Å²) in [6.45, 7) is 5.60. The van der Waals surface area contributed by atoms with Crippen LogP contribution in [0.4, 0.5) is 29.0 Å². The van der Waals surface area contributed by atoms with E-state index in [1.807, 2.05) is 13.0 Å². The van der Waals surface area contributed by atoms with E-state index in [9.17, 15) is 9.59 Å². The van der Waals surface area contributed by atoms with E-state index < -0.39 is 0 Å². The summed E-state index contributed by atoms with van der Waals surface area (Å²) in [5, 5.41) is 12.6. The molecule has 0 bridgehead atoms. The molecule has 1 aromatic carbocycles. The molecule has 34 heavy (non-hydrogen) atoms. The number of carbonyl (C=O) groups excluding carboxylic acids is 2. The molecule has 3 heterocycles. The quantitative estimate of drug-likeness (QED) is 0.424. The minimum Gasteiger partial charge on any atom is -0.352 e. The summed E-state index contributed by atoms with van der Waals surface area (Å²) in [7, 11) is 1.65. The van der Waals surface area contributed by atoms with Crippen molar-refractivity contribution in [3.05, 3.63) is 59.4 Å². The third kappa shape index (κ3) is 5.29. The molecule has 0 spiro atoms. The summed E-state index contributed by atoms with van der Waals surface area (Å²) >= 11 is 0. The highest BCUT2D eigenvalue weighted by molar-refractivity contribution is 5.99. The summed E-state index contributed by atoms with van der Waals surface area (Å²) in [4.78, 5) is 38.9. The number of anilines is 5. The number of hydrogen-bond acceptors (Lipinski definition) is 8. The highest BCUT2D eigenvalue weighted by Crippen LogP contribution is 2.25. The van der Waals surface area contributed by atoms with Crippen LogP contribution < -0.4 is 26.2 Å². The molecule has 0 saturated carbocycles. The predicted octanol–water partition coefficient (Wildman–Crippen LogP) is 2.74. The second kappa shape index (κ2) is 10.3. The molecule has 4 N–H and O–H groups in total. The zero-order chi connectivity index (χ0) is 24.1. The van der Waals surface area contributed by atoms with Gasteiger partial charge in [0.15, 0.2) is 0 Å². The summed E-state index contributed by atoms with van der Waals surface area (Å²) < 4.78 is 0. The van der Waals surface area contributed by atoms with Crippen molar-refractivity contribution in [2.24, 2.45) is 0 Å². The molecule has 2 amide bonds. The Morgan fingerprint density at radius 2 is 1.91 bits per heavy atom. The van der Waals surface area contributed by atoms with E-state index >= 15 is 0 Å². The lowest BCUT2D eigenvalue weighted by Crippen LogP contribution is -2.25. The second-order valence-electron chi connectivity index (χ2n) is 7.96. The molecule has 2 aromatic heterocycles. The van der Waals surface area contributed by atoms with Crippen molar-refractivity contribution in [3.8, 4) is 0 Å². The summed E-state index contributed by atoms with van der Waals surface area (Å²) in [6.07, 6.45) is 4.09. The molecule has 176 valence electrons. The van der Waals surface area contributed by atoms with E-state index in [0.29, 0.717) is 35.4 Å². The van der Waals surface area contributed by atoms with Crippen LogP contribution >= 0.6 is 0 Å². The number of nitrogens with one attached hydrogen (secondary N) is 4. The molecule has 1 aliphatic rings. The second-order valence-corrected chi connectivity index (χ2v) is 7.96. The van der Waals surface area contributed by atoms with Gasteiger partial charge in [-0.1, -0.05) is 6.07 Å². The monoisotopic (exact) mass is 460 g/mol. The average Bonchev–Trinajstić information content (AvgIpc) is 2.84. The number of pyridine rings is 1. The van der Waals surface area contributed by atoms with Crippen molar-refractivity contribution in [3.63, 3.8) is 0 Å². The Kier molecular flexibility index (Phi) is 6.98. The molecule has 0 radical (unpaired) electrons. The number of rotatable bonds is 7. The number of hydrogen-bond donors (Lipinski definition) is 4. The Balaban J connectivity index is 1.63. The van der Waals surface area contributed by atoms with Gasteiger partial charge in [0.05, 0.1) is 0 Å². The Bertz CT molecular complexity index is 1210. The molecule has 0 aliphatic carbocycles. The zero-order valence-corrected chi connectivity index (χ0v) is 19.5. The minimum absolute atomic E-state index is 0.138. The summed E-state index contributed by atoms with van der Waals surface area (Å²) in [5.41, 5.74) is 4.39. The molecule has 4 rings (SSSR count). The van der Waals surface area contributed by atoms with E-state index in [4.69, 9.17) is 0 Å². The predicted molar refractivity (Wildman–Crippen MR) is 132 cm³/mol. The Morgan fingerprint density at radius 1 is 1.09 bits per heavy atom. The SMILES string of the molecule is CCNC(=O)c1cnc(Nc2ccc3c(c2)CNCC3)nc1Nc1ccnc(N(C)C(C)=O)c1. The highest BCUT2D eigenvalue weighted by atomic mass is 16.2. The maximum Gasteiger partial charge on any atom is 0.256 e. The molecular weight excluding hydrogens is 432 g/mol. The lowest BCUT2D eigenvalue weighted by Gasteiger charge is -2.18. The fraction of sp³-hybridized carbons (Fsp3) is 0.292. The van der Waals surface area contributed by atoms with Crippen LogP contribution in [0.25, 0.3) is 0 Å². The summed E-state index contributed by atoms with van der Waals surface area (Å²) in [5.74, 6) is 0.750. The first-order valence-electron chi connectivity index (χ1n) is 11.2. The van der Waals surface area contributed by atoms with Gasteiger partial charge >= 0.3 is 0 Å². The van der Waals surface area contributed by atoms with Gasteiger partial charge in [0.1, 0.15) is 17.2 Å². The molecular formula is C24H28N8O2. The number of nitrogens with zero attached hydrogens (tertiary/aromatic N) is 4. The molecule has 10 nitrogen and oxygen atoms in total. The molecule has 0 fully saturated rings. The van der Waals surface area contributed by atoms with Gasteiger partial charge in [-0.25, -0.2) is 9.97 Å². The lowest BCUT2D eigenvalue weighted by atomic mass is 10.0. The smallest absolute Gasteiger partial charge is 0.256 e. The van der Waals surface area contributed by atoms with Gasteiger partial charge in [0, 0.05) is 56.9 Å². The van der Waals surface area contributed by atoms with Gasteiger partial charge in [0.25, 0.3) is 5.91 Å². The van der Waals surface area contributed by atoms with E-state index in [1.54, 1.807) is 25.4 Å². The standard InChI is InChI=1S/C24H28N8O2/c1-4-26-23(34)20-14-28-24(30-18-6-5-16-7-9-25-13-17(16)11-18)31-22(20)29-19-8-10-27-21(12-19)32(3)15(2)33/h5-6,8,10-12,14,25H,4,7,9,13H2,1-3H3,(H,26,34)(H2,27,28,29,30,31). The zero-order valence-electron chi connectivity index (χ0n) is 19.5. The van der Waals surface area contributed by atoms with Crippen LogP contribution in [-0.2, 0) is 17.8 Å². The highest BCUT2D eigenvalue weighted by Gasteiger charge is 2.16. The van der Waals surface area contributed by atoms with Gasteiger partial charge in [-0.2, -0.15) is 4.98 Å². The number of benzene rings is 1. The van der Waals surface area contributed by atoms with Crippen molar-refractivity contribution in [2.75, 3.05) is 35.7 Å². The number of carbonyl (C=O) groups is 2. The first-order chi connectivity index (χ1) is 16.4. The summed E-state index contributed by atoms with van der Waals surface area (Å²) in [6, 6.07) is 9.66. The maximum atomic E-state index is 12.6. The van der Waals surface area contributed by atoms with Crippen LogP contribution in [0.15, 0.2) is 42.7 Å². The van der Waals surface area contributed by atoms with Crippen LogP contribution in [0.3, 0.4) is 0 Å². The number of aromatic nitrogens is 3. The van der Waals surface area contributed by atoms with Crippen LogP contribution in [0.1, 0.15) is 35.3 Å². The molecule has 3 aromatic rings. The molecule has 0 atom stereocenters. The van der Waals surface area contributed by atoms with Crippen molar-refractivity contribution < 1.29 is 9.59 Å². The van der Waals surface area contributed by atoms with Crippen molar-refractivity contribution in [1.82, 2.24) is 25.6 Å². The first kappa shape index (κ1) is 23.1. The van der Waals surface area contributed by atoms with Crippen molar-refractivity contribution in [1.29, 1.82) is 0 Å². The Hall–Kier alpha value is -4.05. The topological polar surface area (TPSA) is 124 Å². The fourth-order valence-electron chi connectivity index (χ4n) is 3.62. The number of fused-ring (bicyclic) bond motifs is 1. The first-order valence-corrected chi connectivity index (χ1v) is 11.2. The van der Waals surface area contributed by atoms with Crippen LogP contribution in [0.2, 0.25) is 0 Å². The lowest BCUT2D eigenvalue weighted by molar-refractivity contribution is -0.116. The fourth-order valence-corrected chi connectivity index (χ4v) is 3.62. The van der Waals surface area contributed by atoms with E-state index in [1.165, 1.54) is 29.1 Å². The molecule has 10 heteroatoms. The minimum atomic E-state index is -0.286. The van der Waals surface area contributed by atoms with Crippen molar-refractivity contribution in [2.45, 2.75) is 26.8 Å². The molecule has 0 saturated heterocycles. The van der Waals surface area contributed by atoms with E-state index in [-0.39, 0.29) is 11.8 Å². The van der Waals surface area contributed by atoms with Gasteiger partial charge in [0.2, 0.25) is 11.9 Å². The van der Waals surface area contributed by atoms with Gasteiger partial charge < -0.3 is 26.2 Å². The molecule has 0 unspecified atom stereocenters. The van der Waals surface area contributed by atoms with Gasteiger partial charge in [-0.15, -0.1) is 0 Å². The third-order valence-electron chi connectivity index (χ3n) is 5.54. The Morgan fingerprint density at radius 3 is 2.71 bits per heavy atom. The average molecular weight is 461 g/mol. The largest absolute Gasteiger partial charge is 0.352 e. The van der Waals surface area contributed by atoms with Gasteiger partial charge in [-0.05, 0) is 49.2 Å². The van der Waals surface area contributed by atoms with Gasteiger partial charge in [-0.3, -0.25) is 9.59 Å². The Labute approximate surface area is 198 Å². The van der Waals surface area contributed by atoms with Crippen LogP contribution in [-0.4, -0.2) is 46.9 Å². The normalized spacial score (nSPS) is 12.4. The van der Waals surface area contributed by atoms with Crippen molar-refractivity contribution >= 4 is 40.8 Å². The maximum absolute atomic E-state index is 12.6.